The second kappa shape index (κ2) is 5.51. The number of rotatable bonds is 3. The maximum atomic E-state index is 12.2. The molecule has 102 valence electrons. The van der Waals surface area contributed by atoms with Crippen molar-refractivity contribution in [3.8, 4) is 0 Å². The third-order valence-corrected chi connectivity index (χ3v) is 3.88. The first-order chi connectivity index (χ1) is 8.90. The fraction of sp³-hybridized carbons (Fsp3) is 0.385. The number of carbonyl (C=O) groups is 2. The van der Waals surface area contributed by atoms with E-state index in [0.29, 0.717) is 10.7 Å². The number of hydrogen-bond donors (Lipinski definition) is 1. The number of nitrogens with zero attached hydrogens (tertiary/aromatic N) is 1. The van der Waals surface area contributed by atoms with Gasteiger partial charge in [0.2, 0.25) is 5.91 Å². The minimum Gasteiger partial charge on any atom is -0.372 e. The van der Waals surface area contributed by atoms with Crippen LogP contribution in [0, 0.1) is 0 Å². The van der Waals surface area contributed by atoms with Crippen LogP contribution in [-0.4, -0.2) is 28.8 Å². The summed E-state index contributed by atoms with van der Waals surface area (Å²) in [5.41, 5.74) is 0.712. The summed E-state index contributed by atoms with van der Waals surface area (Å²) in [6, 6.07) is 4.63. The van der Waals surface area contributed by atoms with Gasteiger partial charge < -0.3 is 5.32 Å². The molecule has 0 spiro atoms. The van der Waals surface area contributed by atoms with Gasteiger partial charge in [0.05, 0.1) is 12.1 Å². The van der Waals surface area contributed by atoms with Gasteiger partial charge in [0, 0.05) is 15.5 Å². The summed E-state index contributed by atoms with van der Waals surface area (Å²) < 4.78 is 0.806. The van der Waals surface area contributed by atoms with Crippen molar-refractivity contribution in [3.05, 3.63) is 27.7 Å². The van der Waals surface area contributed by atoms with E-state index < -0.39 is 6.04 Å². The summed E-state index contributed by atoms with van der Waals surface area (Å²) in [5.74, 6) is -0.331. The fourth-order valence-corrected chi connectivity index (χ4v) is 2.64. The number of likely N-dealkylation sites (tertiary alicyclic amines) is 1. The molecule has 19 heavy (non-hydrogen) atoms. The second-order valence-electron chi connectivity index (χ2n) is 4.72. The summed E-state index contributed by atoms with van der Waals surface area (Å²) in [6.45, 7) is 3.65. The van der Waals surface area contributed by atoms with Gasteiger partial charge in [0.15, 0.2) is 0 Å². The fourth-order valence-electron chi connectivity index (χ4n) is 2.10. The largest absolute Gasteiger partial charge is 0.372 e. The van der Waals surface area contributed by atoms with Gasteiger partial charge in [0.25, 0.3) is 5.91 Å². The van der Waals surface area contributed by atoms with Crippen LogP contribution in [-0.2, 0) is 9.59 Å². The maximum Gasteiger partial charge on any atom is 0.252 e. The molecule has 1 aliphatic rings. The van der Waals surface area contributed by atoms with Gasteiger partial charge >= 0.3 is 0 Å². The molecule has 1 unspecified atom stereocenters. The quantitative estimate of drug-likeness (QED) is 0.857. The zero-order valence-corrected chi connectivity index (χ0v) is 13.0. The van der Waals surface area contributed by atoms with E-state index in [1.54, 1.807) is 18.2 Å². The van der Waals surface area contributed by atoms with E-state index in [-0.39, 0.29) is 24.3 Å². The minimum atomic E-state index is -0.523. The molecule has 1 aliphatic heterocycles. The molecule has 2 amide bonds. The van der Waals surface area contributed by atoms with Crippen LogP contribution in [0.3, 0.4) is 0 Å². The lowest BCUT2D eigenvalue weighted by Gasteiger charge is -2.19. The number of amides is 2. The zero-order chi connectivity index (χ0) is 14.2. The zero-order valence-electron chi connectivity index (χ0n) is 10.6. The maximum absolute atomic E-state index is 12.2. The second-order valence-corrected chi connectivity index (χ2v) is 6.01. The average Bonchev–Trinajstić information content (AvgIpc) is 2.59. The molecule has 0 aromatic heterocycles. The Kier molecular flexibility index (Phi) is 4.16. The summed E-state index contributed by atoms with van der Waals surface area (Å²) in [7, 11) is 0. The molecule has 0 radical (unpaired) electrons. The molecule has 1 fully saturated rings. The van der Waals surface area contributed by atoms with Gasteiger partial charge in [-0.25, -0.2) is 0 Å². The Morgan fingerprint density at radius 3 is 2.68 bits per heavy atom. The van der Waals surface area contributed by atoms with E-state index in [1.165, 1.54) is 4.90 Å². The van der Waals surface area contributed by atoms with Crippen molar-refractivity contribution in [2.75, 3.05) is 5.32 Å². The highest BCUT2D eigenvalue weighted by Crippen LogP contribution is 2.28. The molecule has 6 heteroatoms. The number of imide groups is 1. The molecular weight excluding hydrogens is 332 g/mol. The third-order valence-electron chi connectivity index (χ3n) is 2.96. The Balaban J connectivity index is 2.19. The first kappa shape index (κ1) is 14.3. The monoisotopic (exact) mass is 344 g/mol. The van der Waals surface area contributed by atoms with Crippen LogP contribution in [0.2, 0.25) is 5.02 Å². The lowest BCUT2D eigenvalue weighted by molar-refractivity contribution is -0.140. The number of halogens is 2. The number of carbonyl (C=O) groups excluding carboxylic acids is 2. The topological polar surface area (TPSA) is 49.4 Å². The first-order valence-corrected chi connectivity index (χ1v) is 7.14. The van der Waals surface area contributed by atoms with Gasteiger partial charge in [-0.2, -0.15) is 0 Å². The Morgan fingerprint density at radius 1 is 1.42 bits per heavy atom. The summed E-state index contributed by atoms with van der Waals surface area (Å²) in [4.78, 5) is 25.3. The Hall–Kier alpha value is -1.07. The predicted molar refractivity (Wildman–Crippen MR) is 78.2 cm³/mol. The highest BCUT2D eigenvalue weighted by atomic mass is 79.9. The van der Waals surface area contributed by atoms with Gasteiger partial charge in [-0.3, -0.25) is 14.5 Å². The molecule has 0 bridgehead atoms. The van der Waals surface area contributed by atoms with E-state index in [9.17, 15) is 9.59 Å². The standard InChI is InChI=1S/C13H14BrClN2O2/c1-7(2)17-12(18)6-11(13(17)19)16-10-5-8(15)3-4-9(10)14/h3-5,7,11,16H,6H2,1-2H3. The normalized spacial score (nSPS) is 19.4. The van der Waals surface area contributed by atoms with E-state index in [1.807, 2.05) is 13.8 Å². The van der Waals surface area contributed by atoms with Crippen molar-refractivity contribution in [1.82, 2.24) is 4.90 Å². The highest BCUT2D eigenvalue weighted by molar-refractivity contribution is 9.10. The lowest BCUT2D eigenvalue weighted by Crippen LogP contribution is -2.39. The molecule has 1 heterocycles. The summed E-state index contributed by atoms with van der Waals surface area (Å²) in [6.07, 6.45) is 0.177. The van der Waals surface area contributed by atoms with Crippen LogP contribution < -0.4 is 5.32 Å². The van der Waals surface area contributed by atoms with E-state index >= 15 is 0 Å². The number of benzene rings is 1. The summed E-state index contributed by atoms with van der Waals surface area (Å²) in [5, 5.41) is 3.64. The predicted octanol–water partition coefficient (Wildman–Crippen LogP) is 3.05. The molecule has 1 saturated heterocycles. The molecule has 1 atom stereocenters. The van der Waals surface area contributed by atoms with Gasteiger partial charge in [-0.1, -0.05) is 11.6 Å². The third kappa shape index (κ3) is 2.92. The Morgan fingerprint density at radius 2 is 2.11 bits per heavy atom. The average molecular weight is 346 g/mol. The number of hydrogen-bond acceptors (Lipinski definition) is 3. The van der Waals surface area contributed by atoms with Crippen molar-refractivity contribution in [3.63, 3.8) is 0 Å². The van der Waals surface area contributed by atoms with Crippen molar-refractivity contribution in [1.29, 1.82) is 0 Å². The van der Waals surface area contributed by atoms with E-state index in [4.69, 9.17) is 11.6 Å². The van der Waals surface area contributed by atoms with Gasteiger partial charge in [0.1, 0.15) is 6.04 Å². The van der Waals surface area contributed by atoms with Gasteiger partial charge in [-0.15, -0.1) is 0 Å². The van der Waals surface area contributed by atoms with Crippen LogP contribution in [0.25, 0.3) is 0 Å². The van der Waals surface area contributed by atoms with Crippen molar-refractivity contribution in [2.45, 2.75) is 32.4 Å². The number of nitrogens with one attached hydrogen (secondary N) is 1. The summed E-state index contributed by atoms with van der Waals surface area (Å²) >= 11 is 9.31. The van der Waals surface area contributed by atoms with Crippen LogP contribution in [0.1, 0.15) is 20.3 Å². The van der Waals surface area contributed by atoms with Crippen LogP contribution in [0.15, 0.2) is 22.7 Å². The molecule has 1 aromatic carbocycles. The molecule has 1 aromatic rings. The van der Waals surface area contributed by atoms with Crippen LogP contribution in [0.4, 0.5) is 5.69 Å². The minimum absolute atomic E-state index is 0.116. The van der Waals surface area contributed by atoms with E-state index in [2.05, 4.69) is 21.2 Å². The molecule has 4 nitrogen and oxygen atoms in total. The lowest BCUT2D eigenvalue weighted by atomic mass is 10.2. The van der Waals surface area contributed by atoms with E-state index in [0.717, 1.165) is 4.47 Å². The van der Waals surface area contributed by atoms with Crippen molar-refractivity contribution >= 4 is 45.0 Å². The molecular formula is C13H14BrClN2O2. The Bertz CT molecular complexity index is 533. The van der Waals surface area contributed by atoms with Crippen molar-refractivity contribution < 1.29 is 9.59 Å². The van der Waals surface area contributed by atoms with Crippen LogP contribution >= 0.6 is 27.5 Å². The first-order valence-electron chi connectivity index (χ1n) is 5.97. The smallest absolute Gasteiger partial charge is 0.252 e. The molecule has 2 rings (SSSR count). The molecule has 0 aliphatic carbocycles. The highest BCUT2D eigenvalue weighted by Gasteiger charge is 2.39. The van der Waals surface area contributed by atoms with Crippen molar-refractivity contribution in [2.24, 2.45) is 0 Å². The Labute approximate surface area is 125 Å². The SMILES string of the molecule is CC(C)N1C(=O)CC(Nc2cc(Cl)ccc2Br)C1=O. The van der Waals surface area contributed by atoms with Gasteiger partial charge in [-0.05, 0) is 48.0 Å². The number of anilines is 1. The molecule has 1 N–H and O–H groups in total. The van der Waals surface area contributed by atoms with Crippen LogP contribution in [0.5, 0.6) is 0 Å². The molecule has 0 saturated carbocycles.